The zero-order chi connectivity index (χ0) is 24.0. The lowest BCUT2D eigenvalue weighted by atomic mass is 9.83. The van der Waals surface area contributed by atoms with Crippen molar-refractivity contribution >= 4 is 40.9 Å². The normalized spacial score (nSPS) is 21.3. The number of likely N-dealkylation sites (tertiary alicyclic amines) is 1. The second kappa shape index (κ2) is 8.77. The Morgan fingerprint density at radius 3 is 2.53 bits per heavy atom. The Labute approximate surface area is 202 Å². The van der Waals surface area contributed by atoms with Crippen LogP contribution in [0, 0.1) is 12.8 Å². The number of aromatic amines is 1. The average molecular weight is 497 g/mol. The lowest BCUT2D eigenvalue weighted by molar-refractivity contribution is -0.149. The molecule has 3 aromatic rings. The second-order valence-corrected chi connectivity index (χ2v) is 10.4. The standard InChI is InChI=1S/C24H20N2O6S2/c1-12-4-2-3-5-14(12)11-32-15-8-6-13(7-9-15)17-18-20(33-21-19(17)34-24(31)25-21)23(30)26(22(18)29)10-16(27)28/h2-9,17-18,20H,10-11H2,1H3,(H,25,31)(H,27,28)/t17-,18?,20?/m1/s1. The van der Waals surface area contributed by atoms with Crippen molar-refractivity contribution in [2.75, 3.05) is 6.54 Å². The molecule has 2 amide bonds. The number of ether oxygens (including phenoxy) is 1. The minimum absolute atomic E-state index is 0.261. The van der Waals surface area contributed by atoms with Gasteiger partial charge in [0.2, 0.25) is 11.8 Å². The van der Waals surface area contributed by atoms with E-state index in [1.54, 1.807) is 12.1 Å². The number of rotatable bonds is 6. The molecule has 1 saturated heterocycles. The van der Waals surface area contributed by atoms with Gasteiger partial charge in [0.1, 0.15) is 24.2 Å². The summed E-state index contributed by atoms with van der Waals surface area (Å²) in [5.74, 6) is -2.98. The zero-order valence-electron chi connectivity index (χ0n) is 18.0. The van der Waals surface area contributed by atoms with Gasteiger partial charge in [-0.2, -0.15) is 0 Å². The summed E-state index contributed by atoms with van der Waals surface area (Å²) in [5.41, 5.74) is 2.97. The number of hydrogen-bond donors (Lipinski definition) is 2. The van der Waals surface area contributed by atoms with Crippen LogP contribution in [0.3, 0.4) is 0 Å². The molecular weight excluding hydrogens is 476 g/mol. The van der Waals surface area contributed by atoms with E-state index in [1.807, 2.05) is 43.3 Å². The first-order valence-corrected chi connectivity index (χ1v) is 12.3. The fourth-order valence-corrected chi connectivity index (χ4v) is 6.97. The number of carbonyl (C=O) groups excluding carboxylic acids is 2. The van der Waals surface area contributed by atoms with E-state index in [1.165, 1.54) is 0 Å². The van der Waals surface area contributed by atoms with E-state index < -0.39 is 41.4 Å². The Morgan fingerprint density at radius 2 is 1.82 bits per heavy atom. The number of H-pyrrole nitrogens is 1. The van der Waals surface area contributed by atoms with Gasteiger partial charge >= 0.3 is 10.8 Å². The number of carboxylic acids is 1. The fourth-order valence-electron chi connectivity index (χ4n) is 4.43. The summed E-state index contributed by atoms with van der Waals surface area (Å²) < 4.78 is 5.92. The van der Waals surface area contributed by atoms with Gasteiger partial charge in [0, 0.05) is 10.8 Å². The van der Waals surface area contributed by atoms with Gasteiger partial charge in [0.25, 0.3) is 0 Å². The van der Waals surface area contributed by atoms with Gasteiger partial charge < -0.3 is 14.8 Å². The SMILES string of the molecule is Cc1ccccc1COc1ccc([C@H]2c3sc(=O)[nH]c3SC3C(=O)N(CC(=O)O)C(=O)C32)cc1. The molecule has 174 valence electrons. The number of aryl methyl sites for hydroxylation is 1. The number of thioether (sulfide) groups is 1. The molecule has 1 aromatic heterocycles. The number of nitrogens with zero attached hydrogens (tertiary/aromatic N) is 1. The van der Waals surface area contributed by atoms with Crippen LogP contribution in [0.4, 0.5) is 0 Å². The number of nitrogens with one attached hydrogen (secondary N) is 1. The van der Waals surface area contributed by atoms with E-state index >= 15 is 0 Å². The molecule has 2 N–H and O–H groups in total. The third-order valence-electron chi connectivity index (χ3n) is 6.10. The number of benzene rings is 2. The summed E-state index contributed by atoms with van der Waals surface area (Å²) in [6, 6.07) is 15.2. The smallest absolute Gasteiger partial charge is 0.323 e. The third kappa shape index (κ3) is 3.92. The van der Waals surface area contributed by atoms with Crippen LogP contribution in [-0.4, -0.2) is 44.6 Å². The molecule has 34 heavy (non-hydrogen) atoms. The van der Waals surface area contributed by atoms with Crippen LogP contribution in [0.25, 0.3) is 0 Å². The number of carbonyl (C=O) groups is 3. The van der Waals surface area contributed by atoms with Gasteiger partial charge in [-0.3, -0.25) is 24.1 Å². The maximum Gasteiger partial charge on any atom is 0.323 e. The van der Waals surface area contributed by atoms with E-state index in [0.29, 0.717) is 22.3 Å². The van der Waals surface area contributed by atoms with E-state index in [4.69, 9.17) is 9.84 Å². The molecule has 2 aliphatic rings. The van der Waals surface area contributed by atoms with Crippen molar-refractivity contribution in [2.45, 2.75) is 29.7 Å². The molecule has 1 fully saturated rings. The van der Waals surface area contributed by atoms with E-state index in [-0.39, 0.29) is 4.87 Å². The number of fused-ring (bicyclic) bond motifs is 2. The van der Waals surface area contributed by atoms with Gasteiger partial charge in [0.15, 0.2) is 0 Å². The van der Waals surface area contributed by atoms with Crippen LogP contribution in [0.15, 0.2) is 58.4 Å². The Balaban J connectivity index is 1.45. The van der Waals surface area contributed by atoms with Crippen LogP contribution in [0.2, 0.25) is 0 Å². The number of carboxylic acid groups (broad SMARTS) is 1. The number of thiazole rings is 1. The Kier molecular flexibility index (Phi) is 5.78. The predicted molar refractivity (Wildman–Crippen MR) is 126 cm³/mol. The summed E-state index contributed by atoms with van der Waals surface area (Å²) in [7, 11) is 0. The quantitative estimate of drug-likeness (QED) is 0.504. The molecule has 8 nitrogen and oxygen atoms in total. The van der Waals surface area contributed by atoms with Crippen LogP contribution < -0.4 is 9.61 Å². The van der Waals surface area contributed by atoms with Crippen LogP contribution >= 0.6 is 23.1 Å². The van der Waals surface area contributed by atoms with Gasteiger partial charge in [-0.15, -0.1) is 0 Å². The number of hydrogen-bond acceptors (Lipinski definition) is 7. The van der Waals surface area contributed by atoms with Gasteiger partial charge in [0.05, 0.1) is 10.9 Å². The topological polar surface area (TPSA) is 117 Å². The van der Waals surface area contributed by atoms with Crippen molar-refractivity contribution in [1.29, 1.82) is 0 Å². The Hall–Kier alpha value is -3.37. The number of aliphatic carboxylic acids is 1. The monoisotopic (exact) mass is 496 g/mol. The Bertz CT molecular complexity index is 1350. The van der Waals surface area contributed by atoms with Gasteiger partial charge in [-0.25, -0.2) is 0 Å². The van der Waals surface area contributed by atoms with E-state index in [2.05, 4.69) is 4.98 Å². The Morgan fingerprint density at radius 1 is 1.09 bits per heavy atom. The fraction of sp³-hybridized carbons (Fsp3) is 0.250. The predicted octanol–water partition coefficient (Wildman–Crippen LogP) is 3.00. The largest absolute Gasteiger partial charge is 0.489 e. The average Bonchev–Trinajstić information content (AvgIpc) is 3.29. The minimum Gasteiger partial charge on any atom is -0.489 e. The zero-order valence-corrected chi connectivity index (χ0v) is 19.7. The van der Waals surface area contributed by atoms with Crippen LogP contribution in [0.5, 0.6) is 5.75 Å². The molecule has 2 aromatic carbocycles. The van der Waals surface area contributed by atoms with Crippen molar-refractivity contribution in [3.8, 4) is 5.75 Å². The van der Waals surface area contributed by atoms with Gasteiger partial charge in [-0.05, 0) is 35.7 Å². The first-order chi connectivity index (χ1) is 16.3. The first-order valence-electron chi connectivity index (χ1n) is 10.6. The van der Waals surface area contributed by atoms with Gasteiger partial charge in [-0.1, -0.05) is 59.5 Å². The molecule has 3 atom stereocenters. The number of amides is 2. The van der Waals surface area contributed by atoms with E-state index in [9.17, 15) is 19.2 Å². The highest BCUT2D eigenvalue weighted by Crippen LogP contribution is 2.52. The van der Waals surface area contributed by atoms with Crippen molar-refractivity contribution in [1.82, 2.24) is 9.88 Å². The molecule has 0 bridgehead atoms. The molecule has 3 heterocycles. The summed E-state index contributed by atoms with van der Waals surface area (Å²) >= 11 is 2.14. The highest BCUT2D eigenvalue weighted by molar-refractivity contribution is 8.00. The second-order valence-electron chi connectivity index (χ2n) is 8.19. The summed E-state index contributed by atoms with van der Waals surface area (Å²) in [6.07, 6.45) is 0. The van der Waals surface area contributed by atoms with Crippen molar-refractivity contribution in [3.05, 3.63) is 79.8 Å². The van der Waals surface area contributed by atoms with Crippen LogP contribution in [0.1, 0.15) is 27.5 Å². The summed E-state index contributed by atoms with van der Waals surface area (Å²) in [5, 5.41) is 8.93. The minimum atomic E-state index is -1.25. The number of aromatic nitrogens is 1. The molecule has 0 spiro atoms. The molecule has 10 heteroatoms. The molecule has 0 saturated carbocycles. The van der Waals surface area contributed by atoms with Crippen molar-refractivity contribution in [3.63, 3.8) is 0 Å². The molecule has 5 rings (SSSR count). The molecule has 0 aliphatic carbocycles. The van der Waals surface area contributed by atoms with Crippen molar-refractivity contribution < 1.29 is 24.2 Å². The summed E-state index contributed by atoms with van der Waals surface area (Å²) in [4.78, 5) is 53.4. The number of imide groups is 1. The molecule has 0 radical (unpaired) electrons. The lowest BCUT2D eigenvalue weighted by Crippen LogP contribution is -2.36. The van der Waals surface area contributed by atoms with Crippen molar-refractivity contribution in [2.24, 2.45) is 5.92 Å². The van der Waals surface area contributed by atoms with Crippen LogP contribution in [-0.2, 0) is 21.0 Å². The molecule has 2 unspecified atom stereocenters. The van der Waals surface area contributed by atoms with E-state index in [0.717, 1.165) is 44.7 Å². The third-order valence-corrected chi connectivity index (χ3v) is 8.50. The maximum absolute atomic E-state index is 13.2. The molecular formula is C24H20N2O6S2. The lowest BCUT2D eigenvalue weighted by Gasteiger charge is -2.29. The highest BCUT2D eigenvalue weighted by Gasteiger charge is 2.56. The first kappa shape index (κ1) is 22.4. The maximum atomic E-state index is 13.2. The highest BCUT2D eigenvalue weighted by atomic mass is 32.2. The molecule has 2 aliphatic heterocycles. The summed E-state index contributed by atoms with van der Waals surface area (Å²) in [6.45, 7) is 1.76.